The Morgan fingerprint density at radius 2 is 1.74 bits per heavy atom. The molecule has 0 fully saturated rings. The first-order valence-electron chi connectivity index (χ1n) is 4.44. The van der Waals surface area contributed by atoms with Crippen molar-refractivity contribution in [1.82, 2.24) is 3.71 Å². The summed E-state index contributed by atoms with van der Waals surface area (Å²) in [5.74, 6) is -1.37. The second kappa shape index (κ2) is 4.11. The third kappa shape index (κ3) is 2.02. The van der Waals surface area contributed by atoms with Gasteiger partial charge in [0.1, 0.15) is 4.90 Å². The average molecular weight is 324 g/mol. The smallest absolute Gasteiger partial charge is 0.267 e. The van der Waals surface area contributed by atoms with Crippen LogP contribution >= 0.6 is 0 Å². The van der Waals surface area contributed by atoms with E-state index in [-0.39, 0.29) is 5.56 Å². The third-order valence-corrected chi connectivity index (χ3v) is 6.64. The molecule has 0 N–H and O–H groups in total. The van der Waals surface area contributed by atoms with Crippen molar-refractivity contribution in [3.63, 3.8) is 0 Å². The van der Waals surface area contributed by atoms with Crippen LogP contribution in [-0.4, -0.2) is 34.9 Å². The molecule has 102 valence electrons. The lowest BCUT2D eigenvalue weighted by Gasteiger charge is -2.09. The molecule has 1 aliphatic heterocycles. The summed E-state index contributed by atoms with van der Waals surface area (Å²) in [7, 11) is -13.3. The minimum Gasteiger partial charge on any atom is -0.267 e. The summed E-state index contributed by atoms with van der Waals surface area (Å²) in [5, 5.41) is 0. The lowest BCUT2D eigenvalue weighted by molar-refractivity contribution is 0.0928. The molecule has 0 unspecified atom stereocenters. The lowest BCUT2D eigenvalue weighted by Crippen LogP contribution is -2.34. The number of hydrogen-bond acceptors (Lipinski definition) is 7. The van der Waals surface area contributed by atoms with Gasteiger partial charge in [-0.2, -0.15) is 25.3 Å². The van der Waals surface area contributed by atoms with Crippen molar-refractivity contribution in [3.8, 4) is 0 Å². The zero-order valence-corrected chi connectivity index (χ0v) is 11.2. The highest BCUT2D eigenvalue weighted by atomic mass is 32.3. The number of carbonyl (C=O) groups is 1. The molecule has 1 aromatic carbocycles. The van der Waals surface area contributed by atoms with E-state index in [0.717, 1.165) is 12.1 Å². The summed E-state index contributed by atoms with van der Waals surface area (Å²) in [6, 6.07) is 4.78. The molecule has 9 nitrogen and oxygen atoms in total. The van der Waals surface area contributed by atoms with Crippen molar-refractivity contribution in [2.45, 2.75) is 4.90 Å². The summed E-state index contributed by atoms with van der Waals surface area (Å²) in [6.07, 6.45) is 0. The average Bonchev–Trinajstić information content (AvgIpc) is 2.46. The van der Waals surface area contributed by atoms with Gasteiger partial charge in [-0.1, -0.05) is 12.1 Å². The van der Waals surface area contributed by atoms with E-state index in [1.165, 1.54) is 12.1 Å². The second-order valence-electron chi connectivity index (χ2n) is 3.27. The molecule has 0 bridgehead atoms. The van der Waals surface area contributed by atoms with E-state index in [9.17, 15) is 30.0 Å². The molecule has 2 rings (SSSR count). The molecule has 0 atom stereocenters. The van der Waals surface area contributed by atoms with Gasteiger partial charge < -0.3 is 0 Å². The van der Waals surface area contributed by atoms with Crippen LogP contribution in [0.25, 0.3) is 0 Å². The molecule has 0 aromatic heterocycles. The highest BCUT2D eigenvalue weighted by molar-refractivity contribution is 8.06. The van der Waals surface area contributed by atoms with Crippen molar-refractivity contribution in [2.24, 2.45) is 3.77 Å². The highest BCUT2D eigenvalue weighted by Gasteiger charge is 2.48. The standard InChI is InChI=1S/C7H4N2O7S3/c10-7-5-3-1-2-4-6(5)18(13,14)9(7)19(15,16)8-17(11)12/h1-4H. The number of amides is 1. The minimum absolute atomic E-state index is 0.363. The first-order valence-corrected chi connectivity index (χ1v) is 8.31. The molecule has 12 heteroatoms. The number of sulfonamides is 1. The van der Waals surface area contributed by atoms with E-state index in [0.29, 0.717) is 0 Å². The lowest BCUT2D eigenvalue weighted by atomic mass is 10.2. The van der Waals surface area contributed by atoms with Crippen molar-refractivity contribution >= 4 is 36.6 Å². The van der Waals surface area contributed by atoms with Crippen molar-refractivity contribution < 1.29 is 30.0 Å². The van der Waals surface area contributed by atoms with E-state index in [1.54, 1.807) is 0 Å². The molecule has 1 heterocycles. The van der Waals surface area contributed by atoms with Crippen LogP contribution in [-0.2, 0) is 30.7 Å². The maximum atomic E-state index is 11.9. The first-order chi connectivity index (χ1) is 8.68. The Morgan fingerprint density at radius 1 is 1.16 bits per heavy atom. The highest BCUT2D eigenvalue weighted by Crippen LogP contribution is 2.32. The molecule has 19 heavy (non-hydrogen) atoms. The number of rotatable bonds is 2. The van der Waals surface area contributed by atoms with Crippen molar-refractivity contribution in [3.05, 3.63) is 29.8 Å². The normalized spacial score (nSPS) is 17.1. The van der Waals surface area contributed by atoms with E-state index < -0.39 is 45.2 Å². The van der Waals surface area contributed by atoms with Gasteiger partial charge in [-0.25, -0.2) is 0 Å². The first kappa shape index (κ1) is 13.6. The van der Waals surface area contributed by atoms with Gasteiger partial charge in [0.05, 0.1) is 5.56 Å². The summed E-state index contributed by atoms with van der Waals surface area (Å²) in [5.41, 5.74) is -0.363. The van der Waals surface area contributed by atoms with Gasteiger partial charge in [0.2, 0.25) is 0 Å². The quantitative estimate of drug-likeness (QED) is 0.690. The number of benzene rings is 1. The third-order valence-electron chi connectivity index (χ3n) is 2.14. The molecule has 0 saturated heterocycles. The number of fused-ring (bicyclic) bond motifs is 1. The van der Waals surface area contributed by atoms with E-state index in [2.05, 4.69) is 3.77 Å². The van der Waals surface area contributed by atoms with E-state index in [4.69, 9.17) is 0 Å². The molecular weight excluding hydrogens is 320 g/mol. The number of carbonyl (C=O) groups excluding carboxylic acids is 1. The summed E-state index contributed by atoms with van der Waals surface area (Å²) < 4.78 is 69.0. The summed E-state index contributed by atoms with van der Waals surface area (Å²) in [6.45, 7) is 0. The van der Waals surface area contributed by atoms with Gasteiger partial charge in [-0.15, -0.1) is 3.71 Å². The number of nitrogens with zero attached hydrogens (tertiary/aromatic N) is 2. The second-order valence-corrected chi connectivity index (χ2v) is 7.55. The predicted octanol–water partition coefficient (Wildman–Crippen LogP) is -0.861. The van der Waals surface area contributed by atoms with E-state index >= 15 is 0 Å². The largest absolute Gasteiger partial charge is 0.375 e. The summed E-state index contributed by atoms with van der Waals surface area (Å²) in [4.78, 5) is 11.2. The molecular formula is C7H4N2O7S3. The van der Waals surface area contributed by atoms with Crippen LogP contribution in [0.2, 0.25) is 0 Å². The Labute approximate surface area is 109 Å². The molecule has 0 saturated carbocycles. The predicted molar refractivity (Wildman–Crippen MR) is 60.1 cm³/mol. The van der Waals surface area contributed by atoms with Crippen LogP contribution in [0.4, 0.5) is 0 Å². The Bertz CT molecular complexity index is 903. The van der Waals surface area contributed by atoms with Gasteiger partial charge in [0, 0.05) is 0 Å². The Balaban J connectivity index is 2.79. The fourth-order valence-electron chi connectivity index (χ4n) is 1.50. The van der Waals surface area contributed by atoms with Crippen LogP contribution < -0.4 is 0 Å². The minimum atomic E-state index is -5.18. The van der Waals surface area contributed by atoms with Crippen LogP contribution in [0.3, 0.4) is 0 Å². The topological polar surface area (TPSA) is 135 Å². The van der Waals surface area contributed by atoms with Gasteiger partial charge in [-0.3, -0.25) is 4.79 Å². The Morgan fingerprint density at radius 3 is 2.26 bits per heavy atom. The maximum Gasteiger partial charge on any atom is 0.375 e. The number of hydrogen-bond donors (Lipinski definition) is 0. The molecule has 1 aromatic rings. The molecule has 0 radical (unpaired) electrons. The Hall–Kier alpha value is -1.79. The van der Waals surface area contributed by atoms with Crippen LogP contribution in [0, 0.1) is 0 Å². The van der Waals surface area contributed by atoms with Crippen LogP contribution in [0.15, 0.2) is 32.9 Å². The zero-order chi connectivity index (χ0) is 14.4. The maximum absolute atomic E-state index is 11.9. The molecule has 0 spiro atoms. The molecule has 1 amide bonds. The van der Waals surface area contributed by atoms with Gasteiger partial charge in [-0.05, 0) is 15.9 Å². The van der Waals surface area contributed by atoms with Crippen molar-refractivity contribution in [1.29, 1.82) is 0 Å². The fourth-order valence-corrected chi connectivity index (χ4v) is 5.32. The Kier molecular flexibility index (Phi) is 2.95. The van der Waals surface area contributed by atoms with Gasteiger partial charge in [0.15, 0.2) is 0 Å². The molecule has 1 aliphatic rings. The van der Waals surface area contributed by atoms with Crippen LogP contribution in [0.5, 0.6) is 0 Å². The SMILES string of the molecule is O=C1c2ccccc2S(=O)(=O)N1S(=O)(=O)N=S(=O)=O. The molecule has 0 aliphatic carbocycles. The monoisotopic (exact) mass is 324 g/mol. The van der Waals surface area contributed by atoms with E-state index in [1.807, 2.05) is 0 Å². The van der Waals surface area contributed by atoms with Gasteiger partial charge >= 0.3 is 20.7 Å². The van der Waals surface area contributed by atoms with Crippen molar-refractivity contribution in [2.75, 3.05) is 0 Å². The van der Waals surface area contributed by atoms with Gasteiger partial charge in [0.25, 0.3) is 15.9 Å². The van der Waals surface area contributed by atoms with Crippen LogP contribution in [0.1, 0.15) is 10.4 Å². The summed E-state index contributed by atoms with van der Waals surface area (Å²) >= 11 is 0. The fraction of sp³-hybridized carbons (Fsp3) is 0. The zero-order valence-electron chi connectivity index (χ0n) is 8.79.